The number of carboxylic acid groups (broad SMARTS) is 1. The highest BCUT2D eigenvalue weighted by Crippen LogP contribution is 2.30. The number of nitrogens with one attached hydrogen (secondary N) is 1. The van der Waals surface area contributed by atoms with Gasteiger partial charge in [0.1, 0.15) is 0 Å². The van der Waals surface area contributed by atoms with Gasteiger partial charge in [-0.3, -0.25) is 4.79 Å². The molecule has 0 atom stereocenters. The first-order valence-corrected chi connectivity index (χ1v) is 7.22. The molecule has 0 fully saturated rings. The van der Waals surface area contributed by atoms with E-state index < -0.39 is 11.9 Å². The van der Waals surface area contributed by atoms with E-state index in [0.29, 0.717) is 5.56 Å². The third kappa shape index (κ3) is 3.75. The van der Waals surface area contributed by atoms with Gasteiger partial charge in [0.2, 0.25) is 0 Å². The van der Waals surface area contributed by atoms with Gasteiger partial charge in [0.05, 0.1) is 16.3 Å². The van der Waals surface area contributed by atoms with E-state index >= 15 is 0 Å². The van der Waals surface area contributed by atoms with Crippen LogP contribution in [-0.4, -0.2) is 17.0 Å². The summed E-state index contributed by atoms with van der Waals surface area (Å²) in [6.07, 6.45) is 0. The summed E-state index contributed by atoms with van der Waals surface area (Å²) in [6, 6.07) is 9.21. The zero-order valence-corrected chi connectivity index (χ0v) is 13.5. The molecule has 7 heteroatoms. The van der Waals surface area contributed by atoms with Gasteiger partial charge >= 0.3 is 5.97 Å². The predicted molar refractivity (Wildman–Crippen MR) is 85.5 cm³/mol. The zero-order valence-electron chi connectivity index (χ0n) is 10.4. The van der Waals surface area contributed by atoms with Crippen molar-refractivity contribution in [1.82, 2.24) is 0 Å². The van der Waals surface area contributed by atoms with E-state index in [1.54, 1.807) is 24.3 Å². The van der Waals surface area contributed by atoms with Crippen LogP contribution in [0.3, 0.4) is 0 Å². The third-order valence-corrected chi connectivity index (χ3v) is 3.68. The van der Waals surface area contributed by atoms with Crippen LogP contribution in [0.1, 0.15) is 20.7 Å². The second-order valence-corrected chi connectivity index (χ2v) is 5.84. The Morgan fingerprint density at radius 3 is 2.29 bits per heavy atom. The Bertz CT molecular complexity index is 717. The molecule has 108 valence electrons. The molecule has 0 unspecified atom stereocenters. The van der Waals surface area contributed by atoms with Crippen molar-refractivity contribution in [1.29, 1.82) is 0 Å². The minimum atomic E-state index is -1.23. The van der Waals surface area contributed by atoms with Crippen molar-refractivity contribution in [2.45, 2.75) is 0 Å². The molecule has 2 aromatic rings. The molecule has 0 aliphatic carbocycles. The Hall–Kier alpha value is -1.56. The molecule has 0 aliphatic heterocycles. The second-order valence-electron chi connectivity index (χ2n) is 4.08. The first-order chi connectivity index (χ1) is 9.88. The molecule has 0 heterocycles. The van der Waals surface area contributed by atoms with Crippen LogP contribution in [0.25, 0.3) is 0 Å². The summed E-state index contributed by atoms with van der Waals surface area (Å²) < 4.78 is 0.829. The third-order valence-electron chi connectivity index (χ3n) is 2.63. The quantitative estimate of drug-likeness (QED) is 0.800. The van der Waals surface area contributed by atoms with E-state index in [-0.39, 0.29) is 21.3 Å². The Morgan fingerprint density at radius 1 is 1.10 bits per heavy atom. The molecule has 0 radical (unpaired) electrons. The summed E-state index contributed by atoms with van der Waals surface area (Å²) in [4.78, 5) is 23.3. The standard InChI is InChI=1S/C14H8BrCl2NO3/c15-8-3-1-7(2-4-8)13(19)18-12-10(14(20)21)5-9(16)6-11(12)17/h1-6H,(H,18,19)(H,20,21). The molecule has 1 amide bonds. The molecule has 0 spiro atoms. The molecule has 21 heavy (non-hydrogen) atoms. The SMILES string of the molecule is O=C(Nc1c(Cl)cc(Cl)cc1C(=O)O)c1ccc(Br)cc1. The van der Waals surface area contributed by atoms with Crippen LogP contribution in [0.5, 0.6) is 0 Å². The lowest BCUT2D eigenvalue weighted by atomic mass is 10.1. The number of carboxylic acids is 1. The van der Waals surface area contributed by atoms with E-state index in [2.05, 4.69) is 21.2 Å². The maximum atomic E-state index is 12.1. The van der Waals surface area contributed by atoms with Crippen LogP contribution in [0.4, 0.5) is 5.69 Å². The summed E-state index contributed by atoms with van der Waals surface area (Å²) in [5, 5.41) is 11.9. The van der Waals surface area contributed by atoms with Gasteiger partial charge in [-0.15, -0.1) is 0 Å². The molecule has 2 N–H and O–H groups in total. The summed E-state index contributed by atoms with van der Waals surface area (Å²) in [5.74, 6) is -1.69. The van der Waals surface area contributed by atoms with Crippen LogP contribution in [0, 0.1) is 0 Å². The molecule has 0 bridgehead atoms. The molecular weight excluding hydrogens is 381 g/mol. The smallest absolute Gasteiger partial charge is 0.337 e. The van der Waals surface area contributed by atoms with E-state index in [0.717, 1.165) is 4.47 Å². The van der Waals surface area contributed by atoms with Crippen molar-refractivity contribution in [3.05, 3.63) is 62.0 Å². The van der Waals surface area contributed by atoms with E-state index in [4.69, 9.17) is 28.3 Å². The van der Waals surface area contributed by atoms with E-state index in [9.17, 15) is 9.59 Å². The Morgan fingerprint density at radius 2 is 1.71 bits per heavy atom. The molecule has 0 aliphatic rings. The number of benzene rings is 2. The molecule has 0 saturated heterocycles. The van der Waals surface area contributed by atoms with Gasteiger partial charge in [0, 0.05) is 15.1 Å². The maximum Gasteiger partial charge on any atom is 0.337 e. The van der Waals surface area contributed by atoms with Gasteiger partial charge in [0.25, 0.3) is 5.91 Å². The average Bonchev–Trinajstić information content (AvgIpc) is 2.41. The van der Waals surface area contributed by atoms with Crippen molar-refractivity contribution >= 4 is 56.7 Å². The number of carbonyl (C=O) groups excluding carboxylic acids is 1. The monoisotopic (exact) mass is 387 g/mol. The first kappa shape index (κ1) is 15.8. The number of halogens is 3. The molecule has 0 aromatic heterocycles. The molecule has 0 saturated carbocycles. The van der Waals surface area contributed by atoms with Gasteiger partial charge < -0.3 is 10.4 Å². The lowest BCUT2D eigenvalue weighted by Gasteiger charge is -2.11. The molecule has 4 nitrogen and oxygen atoms in total. The maximum absolute atomic E-state index is 12.1. The summed E-state index contributed by atoms with van der Waals surface area (Å²) in [5.41, 5.74) is 0.222. The fraction of sp³-hybridized carbons (Fsp3) is 0. The number of anilines is 1. The van der Waals surface area contributed by atoms with Crippen molar-refractivity contribution < 1.29 is 14.7 Å². The highest BCUT2D eigenvalue weighted by molar-refractivity contribution is 9.10. The summed E-state index contributed by atoms with van der Waals surface area (Å²) in [7, 11) is 0. The molecular formula is C14H8BrCl2NO3. The summed E-state index contributed by atoms with van der Waals surface area (Å²) in [6.45, 7) is 0. The van der Waals surface area contributed by atoms with E-state index in [1.807, 2.05) is 0 Å². The molecule has 2 aromatic carbocycles. The number of aromatic carboxylic acids is 1. The van der Waals surface area contributed by atoms with Gasteiger partial charge in [-0.1, -0.05) is 39.1 Å². The number of amides is 1. The van der Waals surface area contributed by atoms with Gasteiger partial charge in [-0.2, -0.15) is 0 Å². The number of hydrogen-bond acceptors (Lipinski definition) is 2. The van der Waals surface area contributed by atoms with Crippen molar-refractivity contribution in [3.63, 3.8) is 0 Å². The Balaban J connectivity index is 2.37. The highest BCUT2D eigenvalue weighted by Gasteiger charge is 2.18. The van der Waals surface area contributed by atoms with Gasteiger partial charge in [-0.25, -0.2) is 4.79 Å². The van der Waals surface area contributed by atoms with Crippen molar-refractivity contribution in [2.75, 3.05) is 5.32 Å². The normalized spacial score (nSPS) is 10.2. The average molecular weight is 389 g/mol. The van der Waals surface area contributed by atoms with Gasteiger partial charge in [-0.05, 0) is 36.4 Å². The Kier molecular flexibility index (Phi) is 4.88. The highest BCUT2D eigenvalue weighted by atomic mass is 79.9. The van der Waals surface area contributed by atoms with Crippen LogP contribution in [0.15, 0.2) is 40.9 Å². The predicted octanol–water partition coefficient (Wildman–Crippen LogP) is 4.71. The van der Waals surface area contributed by atoms with Crippen LogP contribution in [-0.2, 0) is 0 Å². The zero-order chi connectivity index (χ0) is 15.6. The minimum Gasteiger partial charge on any atom is -0.478 e. The van der Waals surface area contributed by atoms with E-state index in [1.165, 1.54) is 12.1 Å². The minimum absolute atomic E-state index is 0.0153. The summed E-state index contributed by atoms with van der Waals surface area (Å²) >= 11 is 15.0. The van der Waals surface area contributed by atoms with Crippen molar-refractivity contribution in [2.24, 2.45) is 0 Å². The Labute approximate surface area is 138 Å². The fourth-order valence-corrected chi connectivity index (χ4v) is 2.46. The topological polar surface area (TPSA) is 66.4 Å². The van der Waals surface area contributed by atoms with Crippen LogP contribution in [0.2, 0.25) is 10.0 Å². The lowest BCUT2D eigenvalue weighted by molar-refractivity contribution is 0.0698. The van der Waals surface area contributed by atoms with Gasteiger partial charge in [0.15, 0.2) is 0 Å². The number of hydrogen-bond donors (Lipinski definition) is 2. The lowest BCUT2D eigenvalue weighted by Crippen LogP contribution is -2.15. The largest absolute Gasteiger partial charge is 0.478 e. The van der Waals surface area contributed by atoms with Crippen LogP contribution >= 0.6 is 39.1 Å². The first-order valence-electron chi connectivity index (χ1n) is 5.67. The number of rotatable bonds is 3. The van der Waals surface area contributed by atoms with Crippen molar-refractivity contribution in [3.8, 4) is 0 Å². The molecule has 2 rings (SSSR count). The van der Waals surface area contributed by atoms with Crippen LogP contribution < -0.4 is 5.32 Å². The fourth-order valence-electron chi connectivity index (χ4n) is 1.66. The number of carbonyl (C=O) groups is 2. The second kappa shape index (κ2) is 6.47.